The summed E-state index contributed by atoms with van der Waals surface area (Å²) in [5.74, 6) is 10.3. The number of amides is 2. The zero-order valence-electron chi connectivity index (χ0n) is 16.6. The Kier molecular flexibility index (Phi) is 9.02. The van der Waals surface area contributed by atoms with Gasteiger partial charge in [-0.2, -0.15) is 0 Å². The molecule has 5 heteroatoms. The number of hydrogen-bond acceptors (Lipinski definition) is 3. The molecule has 0 aromatic heterocycles. The molecule has 0 saturated heterocycles. The first kappa shape index (κ1) is 21.8. The van der Waals surface area contributed by atoms with E-state index in [1.54, 1.807) is 0 Å². The summed E-state index contributed by atoms with van der Waals surface area (Å²) in [4.78, 5) is 24.3. The van der Waals surface area contributed by atoms with Crippen LogP contribution >= 0.6 is 0 Å². The molecule has 0 aliphatic rings. The maximum Gasteiger partial charge on any atom is 0.254 e. The van der Waals surface area contributed by atoms with E-state index in [-0.39, 0.29) is 30.8 Å². The molecule has 2 amide bonds. The first-order valence-electron chi connectivity index (χ1n) is 9.27. The van der Waals surface area contributed by atoms with Crippen molar-refractivity contribution in [2.75, 3.05) is 20.2 Å². The second-order valence-corrected chi connectivity index (χ2v) is 6.20. The van der Waals surface area contributed by atoms with Crippen LogP contribution in [-0.2, 0) is 14.3 Å². The highest BCUT2D eigenvalue weighted by atomic mass is 16.5. The van der Waals surface area contributed by atoms with Crippen molar-refractivity contribution in [1.29, 1.82) is 0 Å². The molecular weight excluding hydrogens is 364 g/mol. The first-order valence-corrected chi connectivity index (χ1v) is 9.27. The second kappa shape index (κ2) is 12.0. The van der Waals surface area contributed by atoms with Crippen LogP contribution in [0.15, 0.2) is 60.7 Å². The Hall–Kier alpha value is -3.54. The predicted molar refractivity (Wildman–Crippen MR) is 113 cm³/mol. The Morgan fingerprint density at radius 3 is 1.83 bits per heavy atom. The molecule has 2 aromatic carbocycles. The average Bonchev–Trinajstić information content (AvgIpc) is 2.76. The third-order valence-corrected chi connectivity index (χ3v) is 4.21. The van der Waals surface area contributed by atoms with Crippen LogP contribution < -0.4 is 10.6 Å². The summed E-state index contributed by atoms with van der Waals surface area (Å²) >= 11 is 0. The van der Waals surface area contributed by atoms with Crippen molar-refractivity contribution >= 4 is 11.8 Å². The molecule has 29 heavy (non-hydrogen) atoms. The van der Waals surface area contributed by atoms with Gasteiger partial charge in [0.2, 0.25) is 5.91 Å². The van der Waals surface area contributed by atoms with Gasteiger partial charge < -0.3 is 15.4 Å². The molecule has 0 spiro atoms. The van der Waals surface area contributed by atoms with E-state index in [0.717, 1.165) is 11.1 Å². The average molecular weight is 388 g/mol. The van der Waals surface area contributed by atoms with Crippen LogP contribution in [-0.4, -0.2) is 32.0 Å². The minimum atomic E-state index is -0.675. The lowest BCUT2D eigenvalue weighted by atomic mass is 10.0. The van der Waals surface area contributed by atoms with Gasteiger partial charge in [0, 0.05) is 7.11 Å². The van der Waals surface area contributed by atoms with E-state index in [4.69, 9.17) is 4.74 Å². The highest BCUT2D eigenvalue weighted by Gasteiger charge is 2.18. The highest BCUT2D eigenvalue weighted by Crippen LogP contribution is 2.16. The number of rotatable bonds is 7. The molecule has 0 heterocycles. The van der Waals surface area contributed by atoms with Crippen LogP contribution in [0.1, 0.15) is 30.1 Å². The zero-order valence-corrected chi connectivity index (χ0v) is 16.6. The maximum absolute atomic E-state index is 12.2. The van der Waals surface area contributed by atoms with Crippen LogP contribution in [0, 0.1) is 23.7 Å². The molecule has 2 N–H and O–H groups in total. The van der Waals surface area contributed by atoms with Crippen LogP contribution in [0.3, 0.4) is 0 Å². The largest absolute Gasteiger partial charge is 0.367 e. The summed E-state index contributed by atoms with van der Waals surface area (Å²) in [5, 5.41) is 5.46. The van der Waals surface area contributed by atoms with E-state index in [2.05, 4.69) is 34.3 Å². The van der Waals surface area contributed by atoms with Crippen molar-refractivity contribution in [1.82, 2.24) is 10.6 Å². The van der Waals surface area contributed by atoms with Crippen molar-refractivity contribution in [2.24, 2.45) is 0 Å². The molecule has 2 atom stereocenters. The number of nitrogens with one attached hydrogen (secondary N) is 2. The van der Waals surface area contributed by atoms with E-state index >= 15 is 0 Å². The number of carbonyl (C=O) groups excluding carboxylic acids is 2. The summed E-state index contributed by atoms with van der Waals surface area (Å²) in [6.07, 6.45) is -0.675. The molecule has 0 aliphatic carbocycles. The van der Waals surface area contributed by atoms with Gasteiger partial charge in [0.15, 0.2) is 6.10 Å². The predicted octanol–water partition coefficient (Wildman–Crippen LogP) is 2.42. The van der Waals surface area contributed by atoms with Crippen LogP contribution in [0.4, 0.5) is 0 Å². The normalized spacial score (nSPS) is 11.7. The van der Waals surface area contributed by atoms with Crippen molar-refractivity contribution in [3.63, 3.8) is 0 Å². The fourth-order valence-corrected chi connectivity index (χ4v) is 2.60. The number of methoxy groups -OCH3 is 1. The minimum absolute atomic E-state index is 0.0859. The number of ether oxygens (including phenoxy) is 1. The number of benzene rings is 2. The summed E-state index contributed by atoms with van der Waals surface area (Å²) in [6.45, 7) is 2.23. The Bertz CT molecular complexity index is 919. The second-order valence-electron chi connectivity index (χ2n) is 6.20. The molecule has 0 aliphatic heterocycles. The van der Waals surface area contributed by atoms with Gasteiger partial charge >= 0.3 is 0 Å². The fourth-order valence-electron chi connectivity index (χ4n) is 2.60. The van der Waals surface area contributed by atoms with Gasteiger partial charge in [0.25, 0.3) is 5.91 Å². The van der Waals surface area contributed by atoms with Gasteiger partial charge in [-0.15, -0.1) is 0 Å². The first-order chi connectivity index (χ1) is 14.1. The lowest BCUT2D eigenvalue weighted by molar-refractivity contribution is -0.131. The summed E-state index contributed by atoms with van der Waals surface area (Å²) in [6, 6.07) is 18.8. The van der Waals surface area contributed by atoms with E-state index in [1.165, 1.54) is 7.11 Å². The van der Waals surface area contributed by atoms with Gasteiger partial charge in [-0.3, -0.25) is 9.59 Å². The van der Waals surface area contributed by atoms with E-state index < -0.39 is 6.10 Å². The zero-order chi connectivity index (χ0) is 20.9. The fraction of sp³-hybridized carbons (Fsp3) is 0.250. The third-order valence-electron chi connectivity index (χ3n) is 4.21. The van der Waals surface area contributed by atoms with Crippen LogP contribution in [0.25, 0.3) is 0 Å². The molecule has 0 bridgehead atoms. The van der Waals surface area contributed by atoms with Gasteiger partial charge in [-0.1, -0.05) is 72.5 Å². The lowest BCUT2D eigenvalue weighted by Gasteiger charge is -2.14. The Morgan fingerprint density at radius 2 is 1.31 bits per heavy atom. The van der Waals surface area contributed by atoms with E-state index in [0.29, 0.717) is 0 Å². The van der Waals surface area contributed by atoms with Gasteiger partial charge in [0.05, 0.1) is 19.0 Å². The Labute approximate surface area is 171 Å². The molecule has 5 nitrogen and oxygen atoms in total. The molecule has 0 fully saturated rings. The smallest absolute Gasteiger partial charge is 0.254 e. The highest BCUT2D eigenvalue weighted by molar-refractivity contribution is 5.83. The van der Waals surface area contributed by atoms with E-state index in [1.807, 2.05) is 67.6 Å². The van der Waals surface area contributed by atoms with Gasteiger partial charge in [0.1, 0.15) is 0 Å². The van der Waals surface area contributed by atoms with Gasteiger partial charge in [-0.05, 0) is 29.9 Å². The molecule has 0 radical (unpaired) electrons. The Morgan fingerprint density at radius 1 is 0.828 bits per heavy atom. The van der Waals surface area contributed by atoms with E-state index in [9.17, 15) is 9.59 Å². The topological polar surface area (TPSA) is 67.4 Å². The SMILES string of the molecule is CO[C@H](C(=O)NCC#CC#CCNC(=O)[C@@H](C)c1ccccc1)c1ccccc1. The minimum Gasteiger partial charge on any atom is -0.367 e. The van der Waals surface area contributed by atoms with Crippen molar-refractivity contribution in [2.45, 2.75) is 18.9 Å². The third kappa shape index (κ3) is 7.18. The van der Waals surface area contributed by atoms with Gasteiger partial charge in [-0.25, -0.2) is 0 Å². The molecular formula is C24H24N2O3. The van der Waals surface area contributed by atoms with Crippen LogP contribution in [0.2, 0.25) is 0 Å². The molecule has 0 saturated carbocycles. The standard InChI is InChI=1S/C24H24N2O3/c1-19(20-13-7-5-8-14-20)23(27)25-17-11-3-4-12-18-26-24(28)22(29-2)21-15-9-6-10-16-21/h5-10,13-16,19,22H,17-18H2,1-2H3,(H,25,27)(H,26,28)/t19-,22-/m0/s1. The molecule has 2 rings (SSSR count). The van der Waals surface area contributed by atoms with Crippen molar-refractivity contribution < 1.29 is 14.3 Å². The summed E-state index contributed by atoms with van der Waals surface area (Å²) < 4.78 is 5.25. The van der Waals surface area contributed by atoms with Crippen molar-refractivity contribution in [3.8, 4) is 23.7 Å². The number of hydrogen-bond donors (Lipinski definition) is 2. The van der Waals surface area contributed by atoms with Crippen molar-refractivity contribution in [3.05, 3.63) is 71.8 Å². The van der Waals surface area contributed by atoms with Crippen LogP contribution in [0.5, 0.6) is 0 Å². The molecule has 2 aromatic rings. The number of carbonyl (C=O) groups is 2. The quantitative estimate of drug-likeness (QED) is 0.716. The molecule has 148 valence electrons. The summed E-state index contributed by atoms with van der Waals surface area (Å²) in [7, 11) is 1.49. The Balaban J connectivity index is 1.72. The monoisotopic (exact) mass is 388 g/mol. The summed E-state index contributed by atoms with van der Waals surface area (Å²) in [5.41, 5.74) is 1.74. The molecule has 0 unspecified atom stereocenters. The maximum atomic E-state index is 12.2. The lowest BCUT2D eigenvalue weighted by Crippen LogP contribution is -2.30.